The molecule has 2 rings (SSSR count). The van der Waals surface area contributed by atoms with Crippen LogP contribution in [0.3, 0.4) is 0 Å². The van der Waals surface area contributed by atoms with Gasteiger partial charge in [0.25, 0.3) is 0 Å². The molecule has 1 saturated heterocycles. The number of rotatable bonds is 7. The van der Waals surface area contributed by atoms with Gasteiger partial charge in [-0.2, -0.15) is 0 Å². The standard InChI is InChI=1S/C17H26N2O3/c1-21-15-6-5-13(12-16(15)22-2)4-3-9-19-17(20)14-7-10-18-11-8-14/h5-6,12,14,18H,3-4,7-11H2,1-2H3,(H,19,20). The van der Waals surface area contributed by atoms with Crippen LogP contribution in [0.4, 0.5) is 0 Å². The molecule has 5 heteroatoms. The minimum absolute atomic E-state index is 0.183. The second kappa shape index (κ2) is 8.63. The normalized spacial score (nSPS) is 15.4. The van der Waals surface area contributed by atoms with Crippen molar-refractivity contribution in [3.05, 3.63) is 23.8 Å². The van der Waals surface area contributed by atoms with Crippen LogP contribution in [0.5, 0.6) is 11.5 Å². The Hall–Kier alpha value is -1.75. The van der Waals surface area contributed by atoms with Crippen LogP contribution >= 0.6 is 0 Å². The van der Waals surface area contributed by atoms with E-state index in [2.05, 4.69) is 10.6 Å². The van der Waals surface area contributed by atoms with E-state index >= 15 is 0 Å². The predicted octanol–water partition coefficient (Wildman–Crippen LogP) is 1.75. The number of aryl methyl sites for hydroxylation is 1. The Morgan fingerprint density at radius 1 is 1.23 bits per heavy atom. The molecule has 1 aliphatic rings. The van der Waals surface area contributed by atoms with Crippen LogP contribution < -0.4 is 20.1 Å². The van der Waals surface area contributed by atoms with Crippen LogP contribution in [0.25, 0.3) is 0 Å². The molecule has 0 unspecified atom stereocenters. The zero-order valence-corrected chi connectivity index (χ0v) is 13.5. The van der Waals surface area contributed by atoms with Gasteiger partial charge in [-0.3, -0.25) is 4.79 Å². The van der Waals surface area contributed by atoms with E-state index in [1.807, 2.05) is 18.2 Å². The first kappa shape index (κ1) is 16.6. The van der Waals surface area contributed by atoms with Gasteiger partial charge in [0.1, 0.15) is 0 Å². The van der Waals surface area contributed by atoms with Crippen molar-refractivity contribution in [1.29, 1.82) is 0 Å². The van der Waals surface area contributed by atoms with E-state index in [9.17, 15) is 4.79 Å². The Morgan fingerprint density at radius 2 is 1.95 bits per heavy atom. The Labute approximate surface area is 132 Å². The quantitative estimate of drug-likeness (QED) is 0.754. The zero-order chi connectivity index (χ0) is 15.8. The van der Waals surface area contributed by atoms with Crippen LogP contribution in [0.1, 0.15) is 24.8 Å². The topological polar surface area (TPSA) is 59.6 Å². The molecule has 22 heavy (non-hydrogen) atoms. The van der Waals surface area contributed by atoms with Crippen molar-refractivity contribution in [2.24, 2.45) is 5.92 Å². The molecule has 2 N–H and O–H groups in total. The predicted molar refractivity (Wildman–Crippen MR) is 86.5 cm³/mol. The molecule has 0 bridgehead atoms. The van der Waals surface area contributed by atoms with Gasteiger partial charge in [-0.25, -0.2) is 0 Å². The number of carbonyl (C=O) groups is 1. The molecule has 1 aliphatic heterocycles. The van der Waals surface area contributed by atoms with Gasteiger partial charge >= 0.3 is 0 Å². The van der Waals surface area contributed by atoms with Crippen molar-refractivity contribution in [2.75, 3.05) is 33.9 Å². The number of methoxy groups -OCH3 is 2. The fraction of sp³-hybridized carbons (Fsp3) is 0.588. The second-order valence-electron chi connectivity index (χ2n) is 5.61. The van der Waals surface area contributed by atoms with E-state index in [-0.39, 0.29) is 11.8 Å². The molecule has 0 spiro atoms. The molecule has 0 aromatic heterocycles. The molecular weight excluding hydrogens is 280 g/mol. The number of hydrogen-bond donors (Lipinski definition) is 2. The van der Waals surface area contributed by atoms with Crippen LogP contribution in [0.2, 0.25) is 0 Å². The molecule has 122 valence electrons. The third-order valence-electron chi connectivity index (χ3n) is 4.10. The molecule has 1 amide bonds. The fourth-order valence-electron chi connectivity index (χ4n) is 2.77. The first-order valence-electron chi connectivity index (χ1n) is 7.94. The van der Waals surface area contributed by atoms with Crippen molar-refractivity contribution < 1.29 is 14.3 Å². The fourth-order valence-corrected chi connectivity index (χ4v) is 2.77. The van der Waals surface area contributed by atoms with Crippen LogP contribution in [-0.4, -0.2) is 39.8 Å². The summed E-state index contributed by atoms with van der Waals surface area (Å²) >= 11 is 0. The average Bonchev–Trinajstić information content (AvgIpc) is 2.59. The Balaban J connectivity index is 1.73. The Kier molecular flexibility index (Phi) is 6.52. The molecular formula is C17H26N2O3. The van der Waals surface area contributed by atoms with Gasteiger partial charge in [-0.05, 0) is 56.5 Å². The summed E-state index contributed by atoms with van der Waals surface area (Å²) < 4.78 is 10.5. The molecule has 0 aliphatic carbocycles. The lowest BCUT2D eigenvalue weighted by Gasteiger charge is -2.21. The van der Waals surface area contributed by atoms with Crippen molar-refractivity contribution in [2.45, 2.75) is 25.7 Å². The monoisotopic (exact) mass is 306 g/mol. The highest BCUT2D eigenvalue weighted by Crippen LogP contribution is 2.27. The maximum Gasteiger partial charge on any atom is 0.223 e. The second-order valence-corrected chi connectivity index (χ2v) is 5.61. The zero-order valence-electron chi connectivity index (χ0n) is 13.5. The van der Waals surface area contributed by atoms with Gasteiger partial charge in [0.2, 0.25) is 5.91 Å². The number of piperidine rings is 1. The molecule has 1 aromatic carbocycles. The smallest absolute Gasteiger partial charge is 0.223 e. The van der Waals surface area contributed by atoms with E-state index in [1.165, 1.54) is 5.56 Å². The summed E-state index contributed by atoms with van der Waals surface area (Å²) in [5.41, 5.74) is 1.19. The number of hydrogen-bond acceptors (Lipinski definition) is 4. The van der Waals surface area contributed by atoms with E-state index in [1.54, 1.807) is 14.2 Å². The van der Waals surface area contributed by atoms with Crippen molar-refractivity contribution >= 4 is 5.91 Å². The minimum Gasteiger partial charge on any atom is -0.493 e. The summed E-state index contributed by atoms with van der Waals surface area (Å²) in [6.07, 6.45) is 3.72. The van der Waals surface area contributed by atoms with E-state index in [4.69, 9.17) is 9.47 Å². The van der Waals surface area contributed by atoms with Gasteiger partial charge in [-0.15, -0.1) is 0 Å². The molecule has 0 saturated carbocycles. The van der Waals surface area contributed by atoms with E-state index in [0.29, 0.717) is 0 Å². The molecule has 0 atom stereocenters. The molecule has 1 fully saturated rings. The van der Waals surface area contributed by atoms with Crippen molar-refractivity contribution in [1.82, 2.24) is 10.6 Å². The summed E-state index contributed by atoms with van der Waals surface area (Å²) in [4.78, 5) is 12.0. The van der Waals surface area contributed by atoms with Crippen molar-refractivity contribution in [3.63, 3.8) is 0 Å². The summed E-state index contributed by atoms with van der Waals surface area (Å²) in [6.45, 7) is 2.62. The van der Waals surface area contributed by atoms with Gasteiger partial charge in [0.05, 0.1) is 14.2 Å². The minimum atomic E-state index is 0.183. The van der Waals surface area contributed by atoms with E-state index in [0.717, 1.165) is 56.8 Å². The lowest BCUT2D eigenvalue weighted by atomic mass is 9.97. The number of amides is 1. The molecule has 0 radical (unpaired) electrons. The highest BCUT2D eigenvalue weighted by atomic mass is 16.5. The summed E-state index contributed by atoms with van der Waals surface area (Å²) in [6, 6.07) is 5.95. The maximum absolute atomic E-state index is 12.0. The van der Waals surface area contributed by atoms with Gasteiger partial charge < -0.3 is 20.1 Å². The average molecular weight is 306 g/mol. The first-order chi connectivity index (χ1) is 10.7. The SMILES string of the molecule is COc1ccc(CCCNC(=O)C2CCNCC2)cc1OC. The Morgan fingerprint density at radius 3 is 2.64 bits per heavy atom. The van der Waals surface area contributed by atoms with Crippen molar-refractivity contribution in [3.8, 4) is 11.5 Å². The highest BCUT2D eigenvalue weighted by molar-refractivity contribution is 5.78. The maximum atomic E-state index is 12.0. The number of benzene rings is 1. The van der Waals surface area contributed by atoms with Crippen LogP contribution in [0.15, 0.2) is 18.2 Å². The molecule has 5 nitrogen and oxygen atoms in total. The van der Waals surface area contributed by atoms with Crippen LogP contribution in [-0.2, 0) is 11.2 Å². The molecule has 1 heterocycles. The highest BCUT2D eigenvalue weighted by Gasteiger charge is 2.20. The third kappa shape index (κ3) is 4.63. The van der Waals surface area contributed by atoms with E-state index < -0.39 is 0 Å². The lowest BCUT2D eigenvalue weighted by molar-refractivity contribution is -0.125. The summed E-state index contributed by atoms with van der Waals surface area (Å²) in [5.74, 6) is 1.88. The number of carbonyl (C=O) groups excluding carboxylic acids is 1. The lowest BCUT2D eigenvalue weighted by Crippen LogP contribution is -2.38. The van der Waals surface area contributed by atoms with Gasteiger partial charge in [0, 0.05) is 12.5 Å². The number of nitrogens with one attached hydrogen (secondary N) is 2. The third-order valence-corrected chi connectivity index (χ3v) is 4.10. The van der Waals surface area contributed by atoms with Crippen LogP contribution in [0, 0.1) is 5.92 Å². The number of ether oxygens (including phenoxy) is 2. The first-order valence-corrected chi connectivity index (χ1v) is 7.94. The summed E-state index contributed by atoms with van der Waals surface area (Å²) in [5, 5.41) is 6.33. The largest absolute Gasteiger partial charge is 0.493 e. The van der Waals surface area contributed by atoms with Gasteiger partial charge in [-0.1, -0.05) is 6.07 Å². The van der Waals surface area contributed by atoms with Gasteiger partial charge in [0.15, 0.2) is 11.5 Å². The molecule has 1 aromatic rings. The summed E-state index contributed by atoms with van der Waals surface area (Å²) in [7, 11) is 3.27. The Bertz CT molecular complexity index is 485.